The Bertz CT molecular complexity index is 935. The molecule has 1 amide bonds. The van der Waals surface area contributed by atoms with Crippen LogP contribution in [0, 0.1) is 5.82 Å². The fourth-order valence-corrected chi connectivity index (χ4v) is 3.46. The zero-order valence-corrected chi connectivity index (χ0v) is 15.6. The van der Waals surface area contributed by atoms with Crippen LogP contribution in [0.15, 0.2) is 59.3 Å². The zero-order valence-electron chi connectivity index (χ0n) is 14.0. The fraction of sp³-hybridized carbons (Fsp3) is 0.200. The smallest absolute Gasteiger partial charge is 0.242 e. The van der Waals surface area contributed by atoms with Crippen LogP contribution in [0.25, 0.3) is 11.3 Å². The summed E-state index contributed by atoms with van der Waals surface area (Å²) in [6.07, 6.45) is 2.44. The van der Waals surface area contributed by atoms with Gasteiger partial charge in [0, 0.05) is 16.6 Å². The van der Waals surface area contributed by atoms with Gasteiger partial charge in [-0.1, -0.05) is 40.2 Å². The van der Waals surface area contributed by atoms with Crippen LogP contribution in [-0.2, 0) is 24.3 Å². The monoisotopic (exact) mass is 413 g/mol. The number of carbonyl (C=O) groups is 1. The van der Waals surface area contributed by atoms with Gasteiger partial charge in [0.2, 0.25) is 5.91 Å². The second-order valence-corrected chi connectivity index (χ2v) is 7.28. The normalized spacial score (nSPS) is 13.8. The molecule has 0 bridgehead atoms. The third kappa shape index (κ3) is 3.42. The first-order valence-electron chi connectivity index (χ1n) is 8.42. The minimum atomic E-state index is -0.245. The van der Waals surface area contributed by atoms with Crippen LogP contribution in [0.2, 0.25) is 0 Å². The van der Waals surface area contributed by atoms with Crippen molar-refractivity contribution in [3.8, 4) is 11.3 Å². The third-order valence-electron chi connectivity index (χ3n) is 4.65. The van der Waals surface area contributed by atoms with Gasteiger partial charge in [-0.2, -0.15) is 0 Å². The lowest BCUT2D eigenvalue weighted by molar-refractivity contribution is -0.134. The first-order valence-corrected chi connectivity index (χ1v) is 9.21. The van der Waals surface area contributed by atoms with Crippen LogP contribution in [0.3, 0.4) is 0 Å². The minimum absolute atomic E-state index is 0.0827. The molecule has 0 aliphatic carbocycles. The summed E-state index contributed by atoms with van der Waals surface area (Å²) in [6, 6.07) is 14.5. The molecule has 0 saturated heterocycles. The van der Waals surface area contributed by atoms with E-state index in [1.54, 1.807) is 18.5 Å². The van der Waals surface area contributed by atoms with E-state index in [0.717, 1.165) is 27.0 Å². The molecule has 0 spiro atoms. The summed E-state index contributed by atoms with van der Waals surface area (Å²) in [5, 5.41) is 0. The first-order chi connectivity index (χ1) is 12.6. The van der Waals surface area contributed by atoms with Crippen LogP contribution in [-0.4, -0.2) is 26.9 Å². The van der Waals surface area contributed by atoms with Crippen LogP contribution in [0.4, 0.5) is 4.39 Å². The quantitative estimate of drug-likeness (QED) is 0.647. The molecule has 4 rings (SSSR count). The predicted molar refractivity (Wildman–Crippen MR) is 101 cm³/mol. The Hall–Kier alpha value is -2.47. The van der Waals surface area contributed by atoms with Gasteiger partial charge in [0.05, 0.1) is 24.3 Å². The van der Waals surface area contributed by atoms with Gasteiger partial charge in [0.25, 0.3) is 0 Å². The van der Waals surface area contributed by atoms with E-state index in [-0.39, 0.29) is 11.7 Å². The maximum atomic E-state index is 13.0. The van der Waals surface area contributed by atoms with E-state index in [2.05, 4.69) is 20.9 Å². The highest BCUT2D eigenvalue weighted by molar-refractivity contribution is 9.10. The molecule has 26 heavy (non-hydrogen) atoms. The van der Waals surface area contributed by atoms with Gasteiger partial charge in [0.1, 0.15) is 12.4 Å². The van der Waals surface area contributed by atoms with Gasteiger partial charge in [0.15, 0.2) is 0 Å². The molecule has 0 radical (unpaired) electrons. The molecule has 1 aromatic heterocycles. The average molecular weight is 414 g/mol. The summed E-state index contributed by atoms with van der Waals surface area (Å²) in [4.78, 5) is 18.8. The van der Waals surface area contributed by atoms with E-state index in [9.17, 15) is 9.18 Å². The molecule has 0 N–H and O–H groups in total. The van der Waals surface area contributed by atoms with Crippen molar-refractivity contribution in [1.82, 2.24) is 14.5 Å². The Kier molecular flexibility index (Phi) is 4.59. The van der Waals surface area contributed by atoms with Crippen LogP contribution < -0.4 is 0 Å². The number of benzene rings is 2. The van der Waals surface area contributed by atoms with Gasteiger partial charge < -0.3 is 9.47 Å². The van der Waals surface area contributed by atoms with Crippen molar-refractivity contribution in [2.24, 2.45) is 0 Å². The maximum absolute atomic E-state index is 13.0. The highest BCUT2D eigenvalue weighted by atomic mass is 79.9. The van der Waals surface area contributed by atoms with Crippen molar-refractivity contribution >= 4 is 21.8 Å². The number of nitrogens with zero attached hydrogens (tertiary/aromatic N) is 3. The number of hydrogen-bond donors (Lipinski definition) is 0. The summed E-state index contributed by atoms with van der Waals surface area (Å²) in [5.74, 6) is -0.162. The van der Waals surface area contributed by atoms with E-state index >= 15 is 0 Å². The van der Waals surface area contributed by atoms with Crippen molar-refractivity contribution in [2.45, 2.75) is 19.5 Å². The number of amides is 1. The highest BCUT2D eigenvalue weighted by Gasteiger charge is 2.26. The van der Waals surface area contributed by atoms with Gasteiger partial charge >= 0.3 is 0 Å². The molecule has 6 heteroatoms. The lowest BCUT2D eigenvalue weighted by Crippen LogP contribution is -2.40. The summed E-state index contributed by atoms with van der Waals surface area (Å²) in [6.45, 7) is 1.45. The molecule has 0 unspecified atom stereocenters. The Labute approximate surface area is 159 Å². The topological polar surface area (TPSA) is 38.1 Å². The Morgan fingerprint density at radius 2 is 1.77 bits per heavy atom. The maximum Gasteiger partial charge on any atom is 0.242 e. The summed E-state index contributed by atoms with van der Waals surface area (Å²) in [5.41, 5.74) is 4.02. The van der Waals surface area contributed by atoms with Gasteiger partial charge in [-0.15, -0.1) is 0 Å². The van der Waals surface area contributed by atoms with Crippen molar-refractivity contribution in [3.63, 3.8) is 0 Å². The molecule has 2 heterocycles. The molecule has 1 aliphatic heterocycles. The largest absolute Gasteiger partial charge is 0.335 e. The molecular weight excluding hydrogens is 397 g/mol. The number of fused-ring (bicyclic) bond motifs is 1. The number of imidazole rings is 1. The van der Waals surface area contributed by atoms with E-state index in [1.165, 1.54) is 12.1 Å². The third-order valence-corrected chi connectivity index (χ3v) is 5.18. The highest BCUT2D eigenvalue weighted by Crippen LogP contribution is 2.27. The molecule has 0 atom stereocenters. The molecule has 3 aromatic rings. The second kappa shape index (κ2) is 7.03. The fourth-order valence-electron chi connectivity index (χ4n) is 3.19. The number of aromatic nitrogens is 2. The second-order valence-electron chi connectivity index (χ2n) is 6.37. The summed E-state index contributed by atoms with van der Waals surface area (Å²) >= 11 is 3.45. The Balaban J connectivity index is 1.53. The van der Waals surface area contributed by atoms with E-state index in [4.69, 9.17) is 0 Å². The number of rotatable bonds is 4. The van der Waals surface area contributed by atoms with Crippen molar-refractivity contribution in [1.29, 1.82) is 0 Å². The van der Waals surface area contributed by atoms with Crippen molar-refractivity contribution in [3.05, 3.63) is 76.4 Å². The predicted octanol–water partition coefficient (Wildman–Crippen LogP) is 4.04. The first kappa shape index (κ1) is 17.0. The molecular formula is C20H17BrFN3O. The molecule has 0 fully saturated rings. The van der Waals surface area contributed by atoms with E-state index < -0.39 is 0 Å². The number of hydrogen-bond acceptors (Lipinski definition) is 2. The van der Waals surface area contributed by atoms with E-state index in [1.807, 2.05) is 33.7 Å². The van der Waals surface area contributed by atoms with Gasteiger partial charge in [-0.25, -0.2) is 9.37 Å². The van der Waals surface area contributed by atoms with Gasteiger partial charge in [-0.05, 0) is 36.2 Å². The Morgan fingerprint density at radius 3 is 2.50 bits per heavy atom. The summed E-state index contributed by atoms with van der Waals surface area (Å²) in [7, 11) is 0. The van der Waals surface area contributed by atoms with Crippen molar-refractivity contribution in [2.75, 3.05) is 6.54 Å². The molecule has 132 valence electrons. The van der Waals surface area contributed by atoms with Crippen LogP contribution >= 0.6 is 15.9 Å². The summed E-state index contributed by atoms with van der Waals surface area (Å²) < 4.78 is 16.0. The van der Waals surface area contributed by atoms with Crippen LogP contribution in [0.1, 0.15) is 11.3 Å². The van der Waals surface area contributed by atoms with Crippen LogP contribution in [0.5, 0.6) is 0 Å². The molecule has 1 aliphatic rings. The van der Waals surface area contributed by atoms with E-state index in [0.29, 0.717) is 26.1 Å². The minimum Gasteiger partial charge on any atom is -0.335 e. The SMILES string of the molecule is O=C1Cn2cnc(-c3ccc(Br)cc3)c2CN1CCc1ccc(F)cc1. The molecule has 0 saturated carbocycles. The van der Waals surface area contributed by atoms with Crippen molar-refractivity contribution < 1.29 is 9.18 Å². The number of halogens is 2. The lowest BCUT2D eigenvalue weighted by Gasteiger charge is -2.28. The van der Waals surface area contributed by atoms with Gasteiger partial charge in [-0.3, -0.25) is 4.79 Å². The molecule has 4 nitrogen and oxygen atoms in total. The number of carbonyl (C=O) groups excluding carboxylic acids is 1. The lowest BCUT2D eigenvalue weighted by atomic mass is 10.1. The molecule has 2 aromatic carbocycles. The Morgan fingerprint density at radius 1 is 1.04 bits per heavy atom. The zero-order chi connectivity index (χ0) is 18.1. The average Bonchev–Trinajstić information content (AvgIpc) is 3.04. The standard InChI is InChI=1S/C20H17BrFN3O/c21-16-5-3-15(4-6-16)20-18-11-24(19(26)12-25(18)13-23-20)10-9-14-1-7-17(22)8-2-14/h1-8,13H,9-12H2.